The van der Waals surface area contributed by atoms with Gasteiger partial charge in [-0.1, -0.05) is 18.2 Å². The summed E-state index contributed by atoms with van der Waals surface area (Å²) in [7, 11) is 0. The van der Waals surface area contributed by atoms with E-state index >= 15 is 0 Å². The maximum Gasteiger partial charge on any atom is 0.267 e. The summed E-state index contributed by atoms with van der Waals surface area (Å²) >= 11 is 0. The van der Waals surface area contributed by atoms with Crippen molar-refractivity contribution < 1.29 is 9.59 Å². The van der Waals surface area contributed by atoms with Crippen LogP contribution in [0.1, 0.15) is 20.8 Å². The second kappa shape index (κ2) is 7.04. The second-order valence-electron chi connectivity index (χ2n) is 4.34. The smallest absolute Gasteiger partial charge is 0.267 e. The van der Waals surface area contributed by atoms with Crippen LogP contribution in [0.2, 0.25) is 0 Å². The molecule has 0 aliphatic carbocycles. The molecular formula is C15H16N4O2. The second-order valence-corrected chi connectivity index (χ2v) is 4.34. The molecule has 1 aromatic heterocycles. The van der Waals surface area contributed by atoms with Gasteiger partial charge in [-0.2, -0.15) is 0 Å². The molecule has 0 radical (unpaired) electrons. The van der Waals surface area contributed by atoms with Gasteiger partial charge in [0.15, 0.2) is 0 Å². The highest BCUT2D eigenvalue weighted by Gasteiger charge is 2.04. The molecule has 4 N–H and O–H groups in total. The first-order valence-electron chi connectivity index (χ1n) is 6.50. The van der Waals surface area contributed by atoms with Crippen molar-refractivity contribution in [1.82, 2.24) is 10.3 Å². The molecular weight excluding hydrogens is 268 g/mol. The molecule has 0 saturated carbocycles. The van der Waals surface area contributed by atoms with Crippen LogP contribution in [-0.2, 0) is 0 Å². The molecule has 1 heterocycles. The standard InChI is InChI=1S/C15H16N4O2/c16-14(20)13-10-12(6-7-18-13)17-8-9-19-15(21)11-4-2-1-3-5-11/h1-7,10H,8-9H2,(H2,16,20)(H,17,18)(H,19,21). The number of hydrogen-bond acceptors (Lipinski definition) is 4. The Morgan fingerprint density at radius 1 is 1.10 bits per heavy atom. The fraction of sp³-hybridized carbons (Fsp3) is 0.133. The number of amides is 2. The van der Waals surface area contributed by atoms with Gasteiger partial charge in [-0.25, -0.2) is 0 Å². The highest BCUT2D eigenvalue weighted by atomic mass is 16.2. The molecule has 1 aromatic carbocycles. The van der Waals surface area contributed by atoms with Gasteiger partial charge in [0.05, 0.1) is 0 Å². The Labute approximate surface area is 122 Å². The molecule has 0 aliphatic rings. The SMILES string of the molecule is NC(=O)c1cc(NCCNC(=O)c2ccccc2)ccn1. The van der Waals surface area contributed by atoms with Crippen LogP contribution in [0.3, 0.4) is 0 Å². The van der Waals surface area contributed by atoms with E-state index in [4.69, 9.17) is 5.73 Å². The van der Waals surface area contributed by atoms with E-state index < -0.39 is 5.91 Å². The van der Waals surface area contributed by atoms with Crippen LogP contribution < -0.4 is 16.4 Å². The number of carbonyl (C=O) groups excluding carboxylic acids is 2. The zero-order valence-corrected chi connectivity index (χ0v) is 11.4. The summed E-state index contributed by atoms with van der Waals surface area (Å²) in [6, 6.07) is 12.3. The lowest BCUT2D eigenvalue weighted by atomic mass is 10.2. The fourth-order valence-electron chi connectivity index (χ4n) is 1.75. The monoisotopic (exact) mass is 284 g/mol. The number of nitrogens with zero attached hydrogens (tertiary/aromatic N) is 1. The Bertz CT molecular complexity index is 629. The Morgan fingerprint density at radius 2 is 1.86 bits per heavy atom. The van der Waals surface area contributed by atoms with Crippen molar-refractivity contribution in [3.05, 3.63) is 59.9 Å². The molecule has 2 amide bonds. The first kappa shape index (κ1) is 14.5. The van der Waals surface area contributed by atoms with Crippen LogP contribution in [0.15, 0.2) is 48.7 Å². The van der Waals surface area contributed by atoms with Gasteiger partial charge >= 0.3 is 0 Å². The number of nitrogens with two attached hydrogens (primary N) is 1. The van der Waals surface area contributed by atoms with E-state index in [-0.39, 0.29) is 11.6 Å². The third-order valence-electron chi connectivity index (χ3n) is 2.79. The van der Waals surface area contributed by atoms with Crippen LogP contribution in [0.5, 0.6) is 0 Å². The zero-order chi connectivity index (χ0) is 15.1. The van der Waals surface area contributed by atoms with Crippen molar-refractivity contribution in [1.29, 1.82) is 0 Å². The minimum Gasteiger partial charge on any atom is -0.383 e. The summed E-state index contributed by atoms with van der Waals surface area (Å²) in [4.78, 5) is 26.6. The van der Waals surface area contributed by atoms with Crippen LogP contribution in [0, 0.1) is 0 Å². The molecule has 2 rings (SSSR count). The largest absolute Gasteiger partial charge is 0.383 e. The number of aromatic nitrogens is 1. The van der Waals surface area contributed by atoms with E-state index in [1.807, 2.05) is 18.2 Å². The van der Waals surface area contributed by atoms with E-state index in [0.717, 1.165) is 5.69 Å². The molecule has 6 nitrogen and oxygen atoms in total. The van der Waals surface area contributed by atoms with E-state index in [9.17, 15) is 9.59 Å². The summed E-state index contributed by atoms with van der Waals surface area (Å²) in [6.07, 6.45) is 1.50. The summed E-state index contributed by atoms with van der Waals surface area (Å²) in [6.45, 7) is 0.989. The lowest BCUT2D eigenvalue weighted by molar-refractivity contribution is 0.0953. The van der Waals surface area contributed by atoms with Crippen LogP contribution in [-0.4, -0.2) is 29.9 Å². The average molecular weight is 284 g/mol. The predicted molar refractivity (Wildman–Crippen MR) is 80.0 cm³/mol. The minimum absolute atomic E-state index is 0.120. The number of hydrogen-bond donors (Lipinski definition) is 3. The normalized spacial score (nSPS) is 9.90. The summed E-state index contributed by atoms with van der Waals surface area (Å²) in [5.41, 5.74) is 6.71. The number of rotatable bonds is 6. The number of nitrogens with one attached hydrogen (secondary N) is 2. The van der Waals surface area contributed by atoms with Crippen molar-refractivity contribution in [2.24, 2.45) is 5.73 Å². The molecule has 6 heteroatoms. The molecule has 0 bridgehead atoms. The first-order valence-corrected chi connectivity index (χ1v) is 6.50. The predicted octanol–water partition coefficient (Wildman–Crippen LogP) is 1.02. The van der Waals surface area contributed by atoms with Crippen LogP contribution >= 0.6 is 0 Å². The van der Waals surface area contributed by atoms with Gasteiger partial charge in [0, 0.05) is 30.5 Å². The summed E-state index contributed by atoms with van der Waals surface area (Å²) < 4.78 is 0. The number of benzene rings is 1. The molecule has 21 heavy (non-hydrogen) atoms. The van der Waals surface area contributed by atoms with Gasteiger partial charge in [0.2, 0.25) is 0 Å². The number of primary amides is 1. The van der Waals surface area contributed by atoms with E-state index in [0.29, 0.717) is 18.7 Å². The molecule has 0 fully saturated rings. The lowest BCUT2D eigenvalue weighted by Gasteiger charge is -2.08. The van der Waals surface area contributed by atoms with Crippen molar-refractivity contribution in [2.45, 2.75) is 0 Å². The Morgan fingerprint density at radius 3 is 2.57 bits per heavy atom. The number of anilines is 1. The molecule has 0 spiro atoms. The van der Waals surface area contributed by atoms with E-state index in [2.05, 4.69) is 15.6 Å². The van der Waals surface area contributed by atoms with Gasteiger partial charge in [-0.15, -0.1) is 0 Å². The third-order valence-corrected chi connectivity index (χ3v) is 2.79. The quantitative estimate of drug-likeness (QED) is 0.690. The Kier molecular flexibility index (Phi) is 4.87. The maximum absolute atomic E-state index is 11.8. The van der Waals surface area contributed by atoms with Crippen LogP contribution in [0.25, 0.3) is 0 Å². The summed E-state index contributed by atoms with van der Waals surface area (Å²) in [5, 5.41) is 5.88. The topological polar surface area (TPSA) is 97.1 Å². The average Bonchev–Trinajstić information content (AvgIpc) is 2.52. The fourth-order valence-corrected chi connectivity index (χ4v) is 1.75. The number of carbonyl (C=O) groups is 2. The Hall–Kier alpha value is -2.89. The summed E-state index contributed by atoms with van der Waals surface area (Å²) in [5.74, 6) is -0.694. The molecule has 2 aromatic rings. The third kappa shape index (κ3) is 4.31. The van der Waals surface area contributed by atoms with E-state index in [1.165, 1.54) is 6.20 Å². The van der Waals surface area contributed by atoms with Crippen LogP contribution in [0.4, 0.5) is 5.69 Å². The highest BCUT2D eigenvalue weighted by molar-refractivity contribution is 5.94. The molecule has 0 aliphatic heterocycles. The van der Waals surface area contributed by atoms with Gasteiger partial charge in [-0.05, 0) is 24.3 Å². The van der Waals surface area contributed by atoms with Gasteiger partial charge < -0.3 is 16.4 Å². The molecule has 0 atom stereocenters. The van der Waals surface area contributed by atoms with E-state index in [1.54, 1.807) is 24.3 Å². The van der Waals surface area contributed by atoms with Gasteiger partial charge in [-0.3, -0.25) is 14.6 Å². The van der Waals surface area contributed by atoms with Crippen molar-refractivity contribution in [3.8, 4) is 0 Å². The lowest BCUT2D eigenvalue weighted by Crippen LogP contribution is -2.28. The molecule has 0 saturated heterocycles. The van der Waals surface area contributed by atoms with Crippen molar-refractivity contribution >= 4 is 17.5 Å². The first-order chi connectivity index (χ1) is 10.2. The Balaban J connectivity index is 1.79. The highest BCUT2D eigenvalue weighted by Crippen LogP contribution is 2.06. The number of pyridine rings is 1. The molecule has 108 valence electrons. The van der Waals surface area contributed by atoms with Crippen molar-refractivity contribution in [2.75, 3.05) is 18.4 Å². The van der Waals surface area contributed by atoms with Gasteiger partial charge in [0.25, 0.3) is 11.8 Å². The molecule has 0 unspecified atom stereocenters. The minimum atomic E-state index is -0.573. The van der Waals surface area contributed by atoms with Crippen molar-refractivity contribution in [3.63, 3.8) is 0 Å². The zero-order valence-electron chi connectivity index (χ0n) is 11.4. The maximum atomic E-state index is 11.8. The van der Waals surface area contributed by atoms with Gasteiger partial charge in [0.1, 0.15) is 5.69 Å².